The van der Waals surface area contributed by atoms with Crippen LogP contribution in [0.5, 0.6) is 5.75 Å². The molecule has 0 aliphatic carbocycles. The lowest BCUT2D eigenvalue weighted by Crippen LogP contribution is -2.20. The number of ether oxygens (including phenoxy) is 3. The molecule has 0 saturated carbocycles. The summed E-state index contributed by atoms with van der Waals surface area (Å²) in [5.41, 5.74) is -0.278. The quantitative estimate of drug-likeness (QED) is 0.780. The van der Waals surface area contributed by atoms with E-state index in [9.17, 15) is 18.0 Å². The van der Waals surface area contributed by atoms with E-state index in [0.717, 1.165) is 12.8 Å². The van der Waals surface area contributed by atoms with Crippen molar-refractivity contribution >= 4 is 5.97 Å². The van der Waals surface area contributed by atoms with Crippen molar-refractivity contribution in [3.63, 3.8) is 0 Å². The molecule has 0 amide bonds. The Hall–Kier alpha value is -1.77. The Morgan fingerprint density at radius 2 is 2.27 bits per heavy atom. The van der Waals surface area contributed by atoms with E-state index in [-0.39, 0.29) is 18.1 Å². The summed E-state index contributed by atoms with van der Waals surface area (Å²) in [7, 11) is 0. The number of hydrogen-bond acceptors (Lipinski definition) is 5. The zero-order valence-corrected chi connectivity index (χ0v) is 12.1. The van der Waals surface area contributed by atoms with Gasteiger partial charge in [-0.15, -0.1) is 0 Å². The molecule has 1 aliphatic rings. The highest BCUT2D eigenvalue weighted by atomic mass is 19.4. The molecule has 1 aromatic heterocycles. The fourth-order valence-electron chi connectivity index (χ4n) is 2.06. The van der Waals surface area contributed by atoms with Crippen molar-refractivity contribution < 1.29 is 32.2 Å². The van der Waals surface area contributed by atoms with Crippen LogP contribution in [0, 0.1) is 0 Å². The first-order chi connectivity index (χ1) is 10.4. The monoisotopic (exact) mass is 322 g/mol. The van der Waals surface area contributed by atoms with Gasteiger partial charge in [-0.2, -0.15) is 18.3 Å². The second-order valence-electron chi connectivity index (χ2n) is 4.77. The van der Waals surface area contributed by atoms with E-state index >= 15 is 0 Å². The number of carbonyl (C=O) groups excluding carboxylic acids is 1. The van der Waals surface area contributed by atoms with Gasteiger partial charge in [-0.1, -0.05) is 0 Å². The molecule has 22 heavy (non-hydrogen) atoms. The van der Waals surface area contributed by atoms with E-state index in [4.69, 9.17) is 9.47 Å². The van der Waals surface area contributed by atoms with Crippen LogP contribution in [0.3, 0.4) is 0 Å². The van der Waals surface area contributed by atoms with Crippen LogP contribution in [0.25, 0.3) is 0 Å². The van der Waals surface area contributed by atoms with Gasteiger partial charge in [0.05, 0.1) is 12.8 Å². The van der Waals surface area contributed by atoms with Crippen molar-refractivity contribution in [3.8, 4) is 5.75 Å². The summed E-state index contributed by atoms with van der Waals surface area (Å²) in [5.74, 6) is -1.08. The smallest absolute Gasteiger partial charge is 0.422 e. The van der Waals surface area contributed by atoms with Crippen LogP contribution in [-0.2, 0) is 9.47 Å². The molecule has 2 heterocycles. The fraction of sp³-hybridized carbons (Fsp3) is 0.692. The van der Waals surface area contributed by atoms with Gasteiger partial charge in [0.2, 0.25) is 5.69 Å². The summed E-state index contributed by atoms with van der Waals surface area (Å²) < 4.78 is 53.1. The van der Waals surface area contributed by atoms with Crippen molar-refractivity contribution in [2.45, 2.75) is 38.6 Å². The van der Waals surface area contributed by atoms with Crippen LogP contribution in [0.2, 0.25) is 0 Å². The number of aromatic nitrogens is 2. The van der Waals surface area contributed by atoms with Gasteiger partial charge in [0.25, 0.3) is 0 Å². The first-order valence-electron chi connectivity index (χ1n) is 6.98. The van der Waals surface area contributed by atoms with Crippen LogP contribution in [0.15, 0.2) is 6.20 Å². The van der Waals surface area contributed by atoms with E-state index in [1.165, 1.54) is 10.9 Å². The predicted octanol–water partition coefficient (Wildman–Crippen LogP) is 2.70. The van der Waals surface area contributed by atoms with Crippen LogP contribution >= 0.6 is 0 Å². The molecule has 1 atom stereocenters. The van der Waals surface area contributed by atoms with Crippen molar-refractivity contribution in [2.75, 3.05) is 19.8 Å². The topological polar surface area (TPSA) is 62.6 Å². The number of carbonyl (C=O) groups is 1. The Kier molecular flexibility index (Phi) is 5.28. The van der Waals surface area contributed by atoms with Crippen molar-refractivity contribution in [2.24, 2.45) is 0 Å². The van der Waals surface area contributed by atoms with Crippen LogP contribution in [0.1, 0.15) is 42.9 Å². The first kappa shape index (κ1) is 16.6. The average Bonchev–Trinajstić information content (AvgIpc) is 2.90. The lowest BCUT2D eigenvalue weighted by atomic mass is 10.2. The zero-order valence-electron chi connectivity index (χ0n) is 12.1. The van der Waals surface area contributed by atoms with Gasteiger partial charge < -0.3 is 14.2 Å². The molecule has 0 bridgehead atoms. The third-order valence-corrected chi connectivity index (χ3v) is 3.01. The Balaban J connectivity index is 2.19. The summed E-state index contributed by atoms with van der Waals surface area (Å²) in [6, 6.07) is 0. The minimum absolute atomic E-state index is 0.0876. The molecule has 124 valence electrons. The maximum Gasteiger partial charge on any atom is 0.422 e. The Bertz CT molecular complexity index is 510. The molecule has 1 aromatic rings. The molecule has 9 heteroatoms. The number of rotatable bonds is 5. The van der Waals surface area contributed by atoms with Crippen molar-refractivity contribution in [1.29, 1.82) is 0 Å². The SMILES string of the molecule is CCOC(=O)c1nn(C2CCCCO2)cc1OCC(F)(F)F. The molecule has 0 spiro atoms. The molecule has 1 saturated heterocycles. The third-order valence-electron chi connectivity index (χ3n) is 3.01. The van der Waals surface area contributed by atoms with Crippen molar-refractivity contribution in [3.05, 3.63) is 11.9 Å². The fourth-order valence-corrected chi connectivity index (χ4v) is 2.06. The lowest BCUT2D eigenvalue weighted by Gasteiger charge is -2.22. The minimum atomic E-state index is -4.50. The normalized spacial score (nSPS) is 19.0. The van der Waals surface area contributed by atoms with Crippen molar-refractivity contribution in [1.82, 2.24) is 9.78 Å². The van der Waals surface area contributed by atoms with Crippen LogP contribution < -0.4 is 4.74 Å². The molecule has 2 rings (SSSR count). The van der Waals surface area contributed by atoms with Gasteiger partial charge >= 0.3 is 12.1 Å². The minimum Gasteiger partial charge on any atom is -0.480 e. The highest BCUT2D eigenvalue weighted by Gasteiger charge is 2.31. The number of hydrogen-bond donors (Lipinski definition) is 0. The van der Waals surface area contributed by atoms with E-state index in [1.54, 1.807) is 6.92 Å². The Morgan fingerprint density at radius 3 is 2.86 bits per heavy atom. The summed E-state index contributed by atoms with van der Waals surface area (Å²) >= 11 is 0. The molecular formula is C13H17F3N2O4. The average molecular weight is 322 g/mol. The number of nitrogens with zero attached hydrogens (tertiary/aromatic N) is 2. The highest BCUT2D eigenvalue weighted by Crippen LogP contribution is 2.27. The van der Waals surface area contributed by atoms with Gasteiger partial charge in [-0.3, -0.25) is 0 Å². The molecule has 1 unspecified atom stereocenters. The maximum absolute atomic E-state index is 12.3. The zero-order chi connectivity index (χ0) is 16.2. The summed E-state index contributed by atoms with van der Waals surface area (Å²) in [6.45, 7) is 0.717. The standard InChI is InChI=1S/C13H17F3N2O4/c1-2-20-12(19)11-9(22-8-13(14,15)16)7-18(17-11)10-5-3-4-6-21-10/h7,10H,2-6,8H2,1H3. The molecule has 0 N–H and O–H groups in total. The van der Waals surface area contributed by atoms with Gasteiger partial charge in [-0.05, 0) is 26.2 Å². The lowest BCUT2D eigenvalue weighted by molar-refractivity contribution is -0.153. The van der Waals surface area contributed by atoms with Crippen LogP contribution in [0.4, 0.5) is 13.2 Å². The molecule has 1 fully saturated rings. The number of esters is 1. The summed E-state index contributed by atoms with van der Waals surface area (Å²) in [5, 5.41) is 3.98. The van der Waals surface area contributed by atoms with E-state index in [0.29, 0.717) is 13.0 Å². The number of halogens is 3. The first-order valence-corrected chi connectivity index (χ1v) is 6.98. The van der Waals surface area contributed by atoms with Gasteiger partial charge in [0.1, 0.15) is 6.23 Å². The van der Waals surface area contributed by atoms with E-state index in [2.05, 4.69) is 9.84 Å². The third kappa shape index (κ3) is 4.36. The Labute approximate surface area is 125 Å². The summed E-state index contributed by atoms with van der Waals surface area (Å²) in [6.07, 6.45) is -1.17. The van der Waals surface area contributed by atoms with Gasteiger partial charge in [0.15, 0.2) is 12.4 Å². The molecule has 6 nitrogen and oxygen atoms in total. The molecule has 0 radical (unpaired) electrons. The second kappa shape index (κ2) is 6.99. The van der Waals surface area contributed by atoms with Gasteiger partial charge in [-0.25, -0.2) is 9.48 Å². The number of alkyl halides is 3. The molecular weight excluding hydrogens is 305 g/mol. The highest BCUT2D eigenvalue weighted by molar-refractivity contribution is 5.90. The van der Waals surface area contributed by atoms with E-state index in [1.807, 2.05) is 0 Å². The van der Waals surface area contributed by atoms with Gasteiger partial charge in [0, 0.05) is 6.61 Å². The maximum atomic E-state index is 12.3. The second-order valence-corrected chi connectivity index (χ2v) is 4.77. The molecule has 1 aliphatic heterocycles. The summed E-state index contributed by atoms with van der Waals surface area (Å²) in [4.78, 5) is 11.8. The van der Waals surface area contributed by atoms with Crippen LogP contribution in [-0.4, -0.2) is 41.7 Å². The molecule has 0 aromatic carbocycles. The predicted molar refractivity (Wildman–Crippen MR) is 68.6 cm³/mol. The Morgan fingerprint density at radius 1 is 1.50 bits per heavy atom. The largest absolute Gasteiger partial charge is 0.480 e. The van der Waals surface area contributed by atoms with E-state index < -0.39 is 25.0 Å².